The van der Waals surface area contributed by atoms with Crippen LogP contribution in [0.5, 0.6) is 0 Å². The number of aliphatic carboxylic acids is 1. The molecular formula is C15H20N2O4. The summed E-state index contributed by atoms with van der Waals surface area (Å²) in [5.41, 5.74) is 2.25. The molecule has 1 aromatic rings. The molecule has 1 aromatic heterocycles. The van der Waals surface area contributed by atoms with E-state index in [1.165, 1.54) is 11.8 Å². The summed E-state index contributed by atoms with van der Waals surface area (Å²) in [5.74, 6) is -1.44. The summed E-state index contributed by atoms with van der Waals surface area (Å²) >= 11 is 0. The zero-order valence-electron chi connectivity index (χ0n) is 12.5. The van der Waals surface area contributed by atoms with Crippen molar-refractivity contribution in [3.8, 4) is 0 Å². The van der Waals surface area contributed by atoms with Crippen molar-refractivity contribution in [1.29, 1.82) is 0 Å². The zero-order chi connectivity index (χ0) is 15.7. The summed E-state index contributed by atoms with van der Waals surface area (Å²) in [6, 6.07) is 0.00249. The number of ketones is 1. The third-order valence-corrected chi connectivity index (χ3v) is 3.76. The number of amides is 1. The fourth-order valence-corrected chi connectivity index (χ4v) is 2.73. The maximum Gasteiger partial charge on any atom is 0.323 e. The number of hydrogen-bond acceptors (Lipinski definition) is 3. The van der Waals surface area contributed by atoms with E-state index in [4.69, 9.17) is 5.11 Å². The smallest absolute Gasteiger partial charge is 0.323 e. The number of Topliss-reactive ketones (excluding diaryl/α,β-unsaturated/α-hetero) is 1. The molecular weight excluding hydrogens is 272 g/mol. The number of H-pyrrole nitrogens is 1. The molecule has 1 saturated carbocycles. The molecule has 21 heavy (non-hydrogen) atoms. The highest BCUT2D eigenvalue weighted by Gasteiger charge is 2.36. The van der Waals surface area contributed by atoms with E-state index in [2.05, 4.69) is 4.98 Å². The van der Waals surface area contributed by atoms with Crippen LogP contribution in [0.15, 0.2) is 0 Å². The zero-order valence-corrected chi connectivity index (χ0v) is 12.5. The Hall–Kier alpha value is -2.11. The van der Waals surface area contributed by atoms with Gasteiger partial charge in [-0.05, 0) is 38.7 Å². The molecule has 0 aromatic carbocycles. The number of carboxylic acid groups (broad SMARTS) is 1. The van der Waals surface area contributed by atoms with E-state index in [0.717, 1.165) is 12.8 Å². The maximum absolute atomic E-state index is 12.6. The van der Waals surface area contributed by atoms with Crippen molar-refractivity contribution in [3.63, 3.8) is 0 Å². The van der Waals surface area contributed by atoms with Gasteiger partial charge in [-0.25, -0.2) is 0 Å². The Kier molecular flexibility index (Phi) is 4.16. The number of carbonyl (C=O) groups excluding carboxylic acids is 2. The highest BCUT2D eigenvalue weighted by atomic mass is 16.4. The molecule has 0 aliphatic heterocycles. The van der Waals surface area contributed by atoms with Crippen LogP contribution in [0.2, 0.25) is 0 Å². The average molecular weight is 292 g/mol. The van der Waals surface area contributed by atoms with Crippen molar-refractivity contribution in [2.45, 2.75) is 46.1 Å². The monoisotopic (exact) mass is 292 g/mol. The third kappa shape index (κ3) is 2.99. The first-order valence-electron chi connectivity index (χ1n) is 7.11. The van der Waals surface area contributed by atoms with Gasteiger partial charge in [0.05, 0.1) is 0 Å². The normalized spacial score (nSPS) is 14.0. The second kappa shape index (κ2) is 5.71. The number of rotatable bonds is 6. The first-order chi connectivity index (χ1) is 9.86. The number of aromatic nitrogens is 1. The van der Waals surface area contributed by atoms with Gasteiger partial charge < -0.3 is 15.0 Å². The molecule has 1 amide bonds. The molecule has 2 N–H and O–H groups in total. The molecule has 114 valence electrons. The van der Waals surface area contributed by atoms with Gasteiger partial charge in [0.15, 0.2) is 5.78 Å². The minimum Gasteiger partial charge on any atom is -0.480 e. The predicted molar refractivity (Wildman–Crippen MR) is 76.6 cm³/mol. The topological polar surface area (TPSA) is 90.5 Å². The van der Waals surface area contributed by atoms with E-state index in [9.17, 15) is 14.4 Å². The van der Waals surface area contributed by atoms with E-state index in [1.54, 1.807) is 6.92 Å². The van der Waals surface area contributed by atoms with E-state index >= 15 is 0 Å². The number of carbonyl (C=O) groups is 3. The van der Waals surface area contributed by atoms with Gasteiger partial charge in [-0.1, -0.05) is 6.92 Å². The Balaban J connectivity index is 2.40. The molecule has 1 fully saturated rings. The van der Waals surface area contributed by atoms with Crippen molar-refractivity contribution in [1.82, 2.24) is 9.88 Å². The van der Waals surface area contributed by atoms with Gasteiger partial charge in [-0.15, -0.1) is 0 Å². The Labute approximate surface area is 123 Å². The van der Waals surface area contributed by atoms with Crippen molar-refractivity contribution >= 4 is 17.7 Å². The second-order valence-electron chi connectivity index (χ2n) is 5.45. The molecule has 0 radical (unpaired) electrons. The predicted octanol–water partition coefficient (Wildman–Crippen LogP) is 1.78. The van der Waals surface area contributed by atoms with Crippen molar-refractivity contribution in [3.05, 3.63) is 22.5 Å². The average Bonchev–Trinajstić information content (AvgIpc) is 3.17. The van der Waals surface area contributed by atoms with Gasteiger partial charge >= 0.3 is 5.97 Å². The van der Waals surface area contributed by atoms with Crippen LogP contribution in [0, 0.1) is 6.92 Å². The van der Waals surface area contributed by atoms with Crippen LogP contribution in [0.3, 0.4) is 0 Å². The molecule has 6 heteroatoms. The summed E-state index contributed by atoms with van der Waals surface area (Å²) in [7, 11) is 0. The third-order valence-electron chi connectivity index (χ3n) is 3.76. The highest BCUT2D eigenvalue weighted by molar-refractivity contribution is 6.03. The minimum absolute atomic E-state index is 0.00249. The van der Waals surface area contributed by atoms with Gasteiger partial charge in [-0.2, -0.15) is 0 Å². The van der Waals surface area contributed by atoms with Gasteiger partial charge in [0.1, 0.15) is 12.2 Å². The van der Waals surface area contributed by atoms with Crippen LogP contribution in [0.1, 0.15) is 58.8 Å². The summed E-state index contributed by atoms with van der Waals surface area (Å²) < 4.78 is 0. The first kappa shape index (κ1) is 15.3. The molecule has 0 spiro atoms. The Morgan fingerprint density at radius 2 is 1.95 bits per heavy atom. The fraction of sp³-hybridized carbons (Fsp3) is 0.533. The Morgan fingerprint density at radius 1 is 1.33 bits per heavy atom. The summed E-state index contributed by atoms with van der Waals surface area (Å²) in [6.07, 6.45) is 2.21. The number of aryl methyl sites for hydroxylation is 1. The van der Waals surface area contributed by atoms with Crippen LogP contribution in [-0.2, 0) is 11.2 Å². The van der Waals surface area contributed by atoms with Gasteiger partial charge in [0.2, 0.25) is 0 Å². The van der Waals surface area contributed by atoms with Crippen LogP contribution < -0.4 is 0 Å². The van der Waals surface area contributed by atoms with Crippen molar-refractivity contribution in [2.24, 2.45) is 0 Å². The lowest BCUT2D eigenvalue weighted by Gasteiger charge is -2.20. The van der Waals surface area contributed by atoms with Gasteiger partial charge in [0, 0.05) is 17.3 Å². The van der Waals surface area contributed by atoms with Gasteiger partial charge in [-0.3, -0.25) is 14.4 Å². The quantitative estimate of drug-likeness (QED) is 0.782. The van der Waals surface area contributed by atoms with Crippen LogP contribution >= 0.6 is 0 Å². The molecule has 0 unspecified atom stereocenters. The number of hydrogen-bond donors (Lipinski definition) is 2. The minimum atomic E-state index is -1.02. The van der Waals surface area contributed by atoms with E-state index in [0.29, 0.717) is 28.9 Å². The summed E-state index contributed by atoms with van der Waals surface area (Å²) in [5, 5.41) is 8.97. The lowest BCUT2D eigenvalue weighted by Crippen LogP contribution is -2.38. The summed E-state index contributed by atoms with van der Waals surface area (Å²) in [4.78, 5) is 39.7. The van der Waals surface area contributed by atoms with E-state index < -0.39 is 5.97 Å². The lowest BCUT2D eigenvalue weighted by atomic mass is 10.0. The number of carboxylic acids is 1. The molecule has 2 rings (SSSR count). The van der Waals surface area contributed by atoms with Crippen molar-refractivity contribution < 1.29 is 19.5 Å². The van der Waals surface area contributed by atoms with Crippen LogP contribution in [0.25, 0.3) is 0 Å². The summed E-state index contributed by atoms with van der Waals surface area (Å²) in [6.45, 7) is 4.80. The molecule has 0 bridgehead atoms. The van der Waals surface area contributed by atoms with Crippen LogP contribution in [0.4, 0.5) is 0 Å². The number of aromatic amines is 1. The number of nitrogens with one attached hydrogen (secondary N) is 1. The molecule has 1 heterocycles. The first-order valence-corrected chi connectivity index (χ1v) is 7.11. The van der Waals surface area contributed by atoms with Gasteiger partial charge in [0.25, 0.3) is 5.91 Å². The molecule has 0 saturated heterocycles. The highest BCUT2D eigenvalue weighted by Crippen LogP contribution is 2.30. The standard InChI is InChI=1S/C15H20N2O4/c1-4-11-13(9(3)18)8(2)16-14(11)15(21)17(7-12(19)20)10-5-6-10/h10,16H,4-7H2,1-3H3,(H,19,20). The van der Waals surface area contributed by atoms with Crippen LogP contribution in [-0.4, -0.2) is 45.2 Å². The van der Waals surface area contributed by atoms with E-state index in [1.807, 2.05) is 6.92 Å². The van der Waals surface area contributed by atoms with E-state index in [-0.39, 0.29) is 24.3 Å². The second-order valence-corrected chi connectivity index (χ2v) is 5.45. The molecule has 6 nitrogen and oxygen atoms in total. The molecule has 1 aliphatic carbocycles. The Bertz CT molecular complexity index is 599. The number of nitrogens with zero attached hydrogens (tertiary/aromatic N) is 1. The fourth-order valence-electron chi connectivity index (χ4n) is 2.73. The lowest BCUT2D eigenvalue weighted by molar-refractivity contribution is -0.137. The SMILES string of the molecule is CCc1c(C(=O)N(CC(=O)O)C2CC2)[nH]c(C)c1C(C)=O. The molecule has 1 aliphatic rings. The Morgan fingerprint density at radius 3 is 2.38 bits per heavy atom. The largest absolute Gasteiger partial charge is 0.480 e. The molecule has 0 atom stereocenters. The van der Waals surface area contributed by atoms with Crippen molar-refractivity contribution in [2.75, 3.05) is 6.54 Å². The maximum atomic E-state index is 12.6.